The number of carbonyl (C=O) groups is 2. The fraction of sp³-hybridized carbons (Fsp3) is 0.474. The van der Waals surface area contributed by atoms with Gasteiger partial charge >= 0.3 is 6.09 Å². The highest BCUT2D eigenvalue weighted by molar-refractivity contribution is 9.10. The number of rotatable bonds is 14. The summed E-state index contributed by atoms with van der Waals surface area (Å²) in [6, 6.07) is 21.8. The molecule has 9 nitrogen and oxygen atoms in total. The summed E-state index contributed by atoms with van der Waals surface area (Å²) < 4.78 is 30.2. The highest BCUT2D eigenvalue weighted by Crippen LogP contribution is 2.33. The Morgan fingerprint density at radius 2 is 1.75 bits per heavy atom. The summed E-state index contributed by atoms with van der Waals surface area (Å²) in [5, 5.41) is 2.97. The molecule has 2 atom stereocenters. The van der Waals surface area contributed by atoms with E-state index in [4.69, 9.17) is 23.7 Å². The molecule has 10 heteroatoms. The number of para-hydroxylation sites is 1. The van der Waals surface area contributed by atoms with Crippen LogP contribution in [0.2, 0.25) is 0 Å². The zero-order valence-electron chi connectivity index (χ0n) is 28.9. The summed E-state index contributed by atoms with van der Waals surface area (Å²) >= 11 is 3.54. The topological polar surface area (TPSA) is 95.6 Å². The number of piperidine rings is 1. The lowest BCUT2D eigenvalue weighted by Gasteiger charge is -2.39. The average Bonchev–Trinajstić information content (AvgIpc) is 3.06. The first-order chi connectivity index (χ1) is 22.9. The predicted octanol–water partition coefficient (Wildman–Crippen LogP) is 8.35. The van der Waals surface area contributed by atoms with Crippen molar-refractivity contribution < 1.29 is 33.3 Å². The molecule has 48 heavy (non-hydrogen) atoms. The van der Waals surface area contributed by atoms with Crippen molar-refractivity contribution in [3.63, 3.8) is 0 Å². The van der Waals surface area contributed by atoms with Gasteiger partial charge in [0.15, 0.2) is 0 Å². The molecule has 1 fully saturated rings. The van der Waals surface area contributed by atoms with E-state index in [0.29, 0.717) is 45.2 Å². The first-order valence-electron chi connectivity index (χ1n) is 16.5. The Balaban J connectivity index is 1.36. The quantitative estimate of drug-likeness (QED) is 0.167. The van der Waals surface area contributed by atoms with E-state index in [2.05, 4.69) is 33.4 Å². The van der Waals surface area contributed by atoms with Gasteiger partial charge in [-0.2, -0.15) is 0 Å². The first kappa shape index (κ1) is 37.2. The minimum Gasteiger partial charge on any atom is -0.496 e. The van der Waals surface area contributed by atoms with Crippen LogP contribution in [0.15, 0.2) is 71.2 Å². The van der Waals surface area contributed by atoms with E-state index in [1.807, 2.05) is 89.2 Å². The summed E-state index contributed by atoms with van der Waals surface area (Å²) in [7, 11) is 1.66. The van der Waals surface area contributed by atoms with Crippen molar-refractivity contribution in [2.75, 3.05) is 38.7 Å². The Hall–Kier alpha value is -3.60. The molecule has 0 bridgehead atoms. The van der Waals surface area contributed by atoms with Crippen molar-refractivity contribution >= 4 is 33.6 Å². The number of amides is 2. The Morgan fingerprint density at radius 3 is 2.46 bits per heavy atom. The maximum Gasteiger partial charge on any atom is 0.410 e. The van der Waals surface area contributed by atoms with Gasteiger partial charge < -0.3 is 33.9 Å². The highest BCUT2D eigenvalue weighted by atomic mass is 79.9. The van der Waals surface area contributed by atoms with E-state index >= 15 is 0 Å². The van der Waals surface area contributed by atoms with Crippen LogP contribution >= 0.6 is 15.9 Å². The lowest BCUT2D eigenvalue weighted by atomic mass is 9.87. The molecule has 3 aromatic rings. The number of nitrogens with one attached hydrogen (secondary N) is 1. The van der Waals surface area contributed by atoms with Gasteiger partial charge in [-0.05, 0) is 84.6 Å². The fourth-order valence-corrected chi connectivity index (χ4v) is 5.71. The zero-order valence-corrected chi connectivity index (χ0v) is 30.5. The molecule has 1 saturated heterocycles. The third-order valence-electron chi connectivity index (χ3n) is 7.95. The van der Waals surface area contributed by atoms with E-state index in [1.54, 1.807) is 12.0 Å². The lowest BCUT2D eigenvalue weighted by Crippen LogP contribution is -2.48. The van der Waals surface area contributed by atoms with Gasteiger partial charge in [-0.3, -0.25) is 4.79 Å². The van der Waals surface area contributed by atoms with Crippen molar-refractivity contribution in [2.24, 2.45) is 5.92 Å². The highest BCUT2D eigenvalue weighted by Gasteiger charge is 2.35. The third-order valence-corrected chi connectivity index (χ3v) is 8.64. The van der Waals surface area contributed by atoms with Crippen LogP contribution in [0.4, 0.5) is 10.5 Å². The molecular weight excluding hydrogens is 676 g/mol. The standard InChI is InChI=1S/C38H49BrN2O7/c1-26(2)36(42)40-33-22-27(12-17-32(33)39)24-47-35-23-41(37(43)48-38(3,4)5)19-18-31(35)28-13-15-30(16-14-28)46-21-9-20-45-25-29-10-7-8-11-34(29)44-6/h7-8,10-17,22,26,31,35H,9,18-21,23-25H2,1-6H3,(H,40,42). The number of benzene rings is 3. The number of halogens is 1. The smallest absolute Gasteiger partial charge is 0.410 e. The molecular formula is C38H49BrN2O7. The van der Waals surface area contributed by atoms with E-state index in [0.717, 1.165) is 45.5 Å². The number of anilines is 1. The molecule has 0 aromatic heterocycles. The third kappa shape index (κ3) is 11.2. The molecule has 1 heterocycles. The Kier molecular flexibility index (Phi) is 13.7. The number of methoxy groups -OCH3 is 1. The maximum absolute atomic E-state index is 13.0. The summed E-state index contributed by atoms with van der Waals surface area (Å²) in [5.41, 5.74) is 3.17. The fourth-order valence-electron chi connectivity index (χ4n) is 5.36. The number of ether oxygens (including phenoxy) is 5. The first-order valence-corrected chi connectivity index (χ1v) is 17.3. The van der Waals surface area contributed by atoms with Crippen molar-refractivity contribution in [2.45, 2.75) is 78.3 Å². The van der Waals surface area contributed by atoms with Gasteiger partial charge in [0, 0.05) is 34.8 Å². The number of hydrogen-bond acceptors (Lipinski definition) is 7. The second-order valence-corrected chi connectivity index (χ2v) is 14.1. The molecule has 3 aromatic carbocycles. The van der Waals surface area contributed by atoms with E-state index in [1.165, 1.54) is 0 Å². The molecule has 0 saturated carbocycles. The zero-order chi connectivity index (χ0) is 34.7. The Morgan fingerprint density at radius 1 is 1.00 bits per heavy atom. The lowest BCUT2D eigenvalue weighted by molar-refractivity contribution is -0.118. The Bertz CT molecular complexity index is 1490. The van der Waals surface area contributed by atoms with Crippen LogP contribution in [0, 0.1) is 5.92 Å². The van der Waals surface area contributed by atoms with E-state index in [-0.39, 0.29) is 29.9 Å². The van der Waals surface area contributed by atoms with Gasteiger partial charge in [0.05, 0.1) is 51.9 Å². The maximum atomic E-state index is 13.0. The van der Waals surface area contributed by atoms with E-state index < -0.39 is 5.60 Å². The minimum absolute atomic E-state index is 0.0565. The van der Waals surface area contributed by atoms with Crippen LogP contribution in [0.5, 0.6) is 11.5 Å². The second-order valence-electron chi connectivity index (χ2n) is 13.3. The van der Waals surface area contributed by atoms with Gasteiger partial charge in [-0.1, -0.05) is 50.2 Å². The molecule has 1 N–H and O–H groups in total. The van der Waals surface area contributed by atoms with Gasteiger partial charge in [-0.15, -0.1) is 0 Å². The molecule has 0 radical (unpaired) electrons. The second kappa shape index (κ2) is 17.7. The van der Waals surface area contributed by atoms with Crippen LogP contribution in [0.1, 0.15) is 70.1 Å². The molecule has 4 rings (SSSR count). The summed E-state index contributed by atoms with van der Waals surface area (Å²) in [4.78, 5) is 27.1. The number of carbonyl (C=O) groups excluding carboxylic acids is 2. The molecule has 0 spiro atoms. The SMILES string of the molecule is COc1ccccc1COCCCOc1ccc(C2CCN(C(=O)OC(C)(C)C)CC2OCc2ccc(Br)c(NC(=O)C(C)C)c2)cc1. The van der Waals surface area contributed by atoms with Crippen LogP contribution in [-0.2, 0) is 32.2 Å². The monoisotopic (exact) mass is 724 g/mol. The molecule has 1 aliphatic heterocycles. The Labute approximate surface area is 293 Å². The summed E-state index contributed by atoms with van der Waals surface area (Å²) in [6.07, 6.45) is 0.877. The molecule has 0 aliphatic carbocycles. The minimum atomic E-state index is -0.587. The van der Waals surface area contributed by atoms with Gasteiger partial charge in [0.25, 0.3) is 0 Å². The largest absolute Gasteiger partial charge is 0.496 e. The van der Waals surface area contributed by atoms with Gasteiger partial charge in [-0.25, -0.2) is 4.79 Å². The van der Waals surface area contributed by atoms with Crippen molar-refractivity contribution in [1.82, 2.24) is 4.90 Å². The molecule has 2 amide bonds. The van der Waals surface area contributed by atoms with Crippen molar-refractivity contribution in [3.8, 4) is 11.5 Å². The normalized spacial score (nSPS) is 16.5. The molecule has 2 unspecified atom stereocenters. The van der Waals surface area contributed by atoms with Gasteiger partial charge in [0.1, 0.15) is 17.1 Å². The van der Waals surface area contributed by atoms with Crippen LogP contribution in [0.25, 0.3) is 0 Å². The number of likely N-dealkylation sites (tertiary alicyclic amines) is 1. The number of hydrogen-bond donors (Lipinski definition) is 1. The van der Waals surface area contributed by atoms with Crippen molar-refractivity contribution in [1.29, 1.82) is 0 Å². The van der Waals surface area contributed by atoms with Gasteiger partial charge in [0.2, 0.25) is 5.91 Å². The van der Waals surface area contributed by atoms with Crippen LogP contribution in [0.3, 0.4) is 0 Å². The molecule has 1 aliphatic rings. The van der Waals surface area contributed by atoms with E-state index in [9.17, 15) is 9.59 Å². The molecule has 260 valence electrons. The summed E-state index contributed by atoms with van der Waals surface area (Å²) in [6.45, 7) is 12.2. The van der Waals surface area contributed by atoms with Crippen LogP contribution < -0.4 is 14.8 Å². The average molecular weight is 726 g/mol. The predicted molar refractivity (Wildman–Crippen MR) is 191 cm³/mol. The summed E-state index contributed by atoms with van der Waals surface area (Å²) in [5.74, 6) is 1.49. The van der Waals surface area contributed by atoms with Crippen molar-refractivity contribution in [3.05, 3.63) is 87.9 Å². The number of nitrogens with zero attached hydrogens (tertiary/aromatic N) is 1. The van der Waals surface area contributed by atoms with Crippen LogP contribution in [-0.4, -0.2) is 62.0 Å².